The fourth-order valence-electron chi connectivity index (χ4n) is 1.58. The molecule has 3 nitrogen and oxygen atoms in total. The zero-order chi connectivity index (χ0) is 11.6. The summed E-state index contributed by atoms with van der Waals surface area (Å²) in [6, 6.07) is 1.20. The lowest BCUT2D eigenvalue weighted by atomic mass is 10.3. The van der Waals surface area contributed by atoms with Crippen molar-refractivity contribution < 1.29 is 0 Å². The van der Waals surface area contributed by atoms with Crippen LogP contribution in [0, 0.1) is 0 Å². The van der Waals surface area contributed by atoms with Gasteiger partial charge < -0.3 is 0 Å². The predicted molar refractivity (Wildman–Crippen MR) is 72.4 cm³/mol. The number of rotatable bonds is 10. The molecule has 0 aromatic rings. The van der Waals surface area contributed by atoms with Crippen molar-refractivity contribution in [3.05, 3.63) is 0 Å². The summed E-state index contributed by atoms with van der Waals surface area (Å²) in [5.41, 5.74) is 0. The van der Waals surface area contributed by atoms with Gasteiger partial charge in [0.25, 0.3) is 0 Å². The van der Waals surface area contributed by atoms with Crippen molar-refractivity contribution >= 4 is 10.2 Å². The van der Waals surface area contributed by atoms with Crippen LogP contribution < -0.4 is 16.0 Å². The molecule has 0 aromatic heterocycles. The molecule has 0 aliphatic rings. The molecule has 0 heterocycles. The number of hydrogen-bond acceptors (Lipinski definition) is 3. The normalized spacial score (nSPS) is 12.2. The van der Waals surface area contributed by atoms with E-state index in [2.05, 4.69) is 36.7 Å². The molecule has 15 heavy (non-hydrogen) atoms. The molecule has 0 unspecified atom stereocenters. The van der Waals surface area contributed by atoms with Crippen LogP contribution in [-0.2, 0) is 0 Å². The molecule has 0 radical (unpaired) electrons. The van der Waals surface area contributed by atoms with Crippen molar-refractivity contribution in [1.82, 2.24) is 16.0 Å². The molecule has 3 N–H and O–H groups in total. The zero-order valence-corrected chi connectivity index (χ0v) is 12.9. The van der Waals surface area contributed by atoms with Crippen LogP contribution in [0.5, 0.6) is 0 Å². The van der Waals surface area contributed by atoms with Crippen LogP contribution in [0.15, 0.2) is 0 Å². The van der Waals surface area contributed by atoms with E-state index in [9.17, 15) is 0 Å². The molecular formula is C11H29N3Si. The maximum Gasteiger partial charge on any atom is 0.120 e. The van der Waals surface area contributed by atoms with Gasteiger partial charge in [-0.25, -0.2) is 0 Å². The summed E-state index contributed by atoms with van der Waals surface area (Å²) in [5, 5.41) is 10.8. The lowest BCUT2D eigenvalue weighted by molar-refractivity contribution is 0.224. The van der Waals surface area contributed by atoms with Gasteiger partial charge in [-0.2, -0.15) is 0 Å². The van der Waals surface area contributed by atoms with E-state index in [4.69, 9.17) is 0 Å². The van der Waals surface area contributed by atoms with E-state index >= 15 is 0 Å². The Kier molecular flexibility index (Phi) is 9.39. The summed E-state index contributed by atoms with van der Waals surface area (Å²) >= 11 is 0. The molecule has 0 aromatic carbocycles. The van der Waals surface area contributed by atoms with Crippen LogP contribution in [0.2, 0.25) is 6.04 Å². The first-order valence-corrected chi connectivity index (χ1v) is 7.91. The van der Waals surface area contributed by atoms with Crippen LogP contribution in [-0.4, -0.2) is 35.7 Å². The third-order valence-electron chi connectivity index (χ3n) is 2.56. The lowest BCUT2D eigenvalue weighted by Crippen LogP contribution is -2.66. The molecular weight excluding hydrogens is 202 g/mol. The van der Waals surface area contributed by atoms with Gasteiger partial charge in [0.2, 0.25) is 0 Å². The fraction of sp³-hybridized carbons (Fsp3) is 1.00. The average Bonchev–Trinajstić information content (AvgIpc) is 2.29. The molecule has 0 rings (SSSR count). The highest BCUT2D eigenvalue weighted by molar-refractivity contribution is 6.09. The molecule has 0 saturated carbocycles. The number of hydrogen-bond donors (Lipinski definition) is 3. The largest absolute Gasteiger partial charge is 0.287 e. The highest BCUT2D eigenvalue weighted by Gasteiger charge is 2.24. The summed E-state index contributed by atoms with van der Waals surface area (Å²) in [6.45, 7) is 9.88. The molecule has 0 aliphatic carbocycles. The Morgan fingerprint density at radius 2 is 1.13 bits per heavy atom. The van der Waals surface area contributed by atoms with E-state index in [1.54, 1.807) is 0 Å². The van der Waals surface area contributed by atoms with Crippen molar-refractivity contribution in [2.24, 2.45) is 0 Å². The molecule has 92 valence electrons. The average molecular weight is 231 g/mol. The SMILES string of the molecule is CCCNC(C[SiH3])(NCCC)NCCC. The zero-order valence-electron chi connectivity index (χ0n) is 10.9. The van der Waals surface area contributed by atoms with Crippen molar-refractivity contribution in [1.29, 1.82) is 0 Å². The Morgan fingerprint density at radius 1 is 0.800 bits per heavy atom. The van der Waals surface area contributed by atoms with Gasteiger partial charge in [-0.1, -0.05) is 20.8 Å². The van der Waals surface area contributed by atoms with Gasteiger partial charge in [-0.3, -0.25) is 16.0 Å². The minimum Gasteiger partial charge on any atom is -0.287 e. The van der Waals surface area contributed by atoms with Gasteiger partial charge in [0, 0.05) is 10.2 Å². The minimum absolute atomic E-state index is 0.00819. The Labute approximate surface area is 98.2 Å². The van der Waals surface area contributed by atoms with E-state index in [0.717, 1.165) is 19.6 Å². The molecule has 0 spiro atoms. The van der Waals surface area contributed by atoms with Crippen molar-refractivity contribution in [2.45, 2.75) is 51.9 Å². The second-order valence-corrected chi connectivity index (χ2v) is 4.75. The van der Waals surface area contributed by atoms with E-state index < -0.39 is 0 Å². The standard InChI is InChI=1S/C11H29N3Si/c1-4-7-12-11(10-15,13-8-5-2)14-9-6-3/h12-14H,4-10H2,1-3,15H3. The Hall–Kier alpha value is 0.0969. The first-order valence-electron chi connectivity index (χ1n) is 6.49. The highest BCUT2D eigenvalue weighted by Crippen LogP contribution is 2.01. The minimum atomic E-state index is 0.00819. The topological polar surface area (TPSA) is 36.1 Å². The van der Waals surface area contributed by atoms with Gasteiger partial charge in [0.1, 0.15) is 5.79 Å². The van der Waals surface area contributed by atoms with Crippen LogP contribution in [0.4, 0.5) is 0 Å². The maximum absolute atomic E-state index is 3.61. The second kappa shape index (κ2) is 9.33. The highest BCUT2D eigenvalue weighted by atomic mass is 28.1. The Balaban J connectivity index is 4.16. The third kappa shape index (κ3) is 6.30. The summed E-state index contributed by atoms with van der Waals surface area (Å²) in [4.78, 5) is 0. The molecule has 0 saturated heterocycles. The Bertz CT molecular complexity index is 120. The van der Waals surface area contributed by atoms with Crippen molar-refractivity contribution in [3.8, 4) is 0 Å². The predicted octanol–water partition coefficient (Wildman–Crippen LogP) is 0.423. The van der Waals surface area contributed by atoms with Gasteiger partial charge in [-0.15, -0.1) is 0 Å². The molecule has 0 atom stereocenters. The van der Waals surface area contributed by atoms with Gasteiger partial charge in [0.15, 0.2) is 0 Å². The first-order chi connectivity index (χ1) is 7.24. The quantitative estimate of drug-likeness (QED) is 0.377. The first kappa shape index (κ1) is 15.1. The van der Waals surface area contributed by atoms with Gasteiger partial charge in [0.05, 0.1) is 0 Å². The van der Waals surface area contributed by atoms with E-state index in [1.807, 2.05) is 0 Å². The maximum atomic E-state index is 3.61. The lowest BCUT2D eigenvalue weighted by Gasteiger charge is -2.36. The van der Waals surface area contributed by atoms with E-state index in [-0.39, 0.29) is 5.79 Å². The Morgan fingerprint density at radius 3 is 1.33 bits per heavy atom. The van der Waals surface area contributed by atoms with E-state index in [1.165, 1.54) is 35.5 Å². The summed E-state index contributed by atoms with van der Waals surface area (Å²) in [6.07, 6.45) is 3.56. The van der Waals surface area contributed by atoms with Crippen molar-refractivity contribution in [3.63, 3.8) is 0 Å². The summed E-state index contributed by atoms with van der Waals surface area (Å²) in [5.74, 6) is 0.00819. The third-order valence-corrected chi connectivity index (χ3v) is 3.62. The molecule has 0 fully saturated rings. The summed E-state index contributed by atoms with van der Waals surface area (Å²) < 4.78 is 0. The van der Waals surface area contributed by atoms with Crippen molar-refractivity contribution in [2.75, 3.05) is 19.6 Å². The molecule has 4 heteroatoms. The monoisotopic (exact) mass is 231 g/mol. The van der Waals surface area contributed by atoms with Crippen LogP contribution >= 0.6 is 0 Å². The van der Waals surface area contributed by atoms with Crippen LogP contribution in [0.25, 0.3) is 0 Å². The molecule has 0 amide bonds. The second-order valence-electron chi connectivity index (χ2n) is 4.04. The molecule has 0 bridgehead atoms. The number of nitrogens with one attached hydrogen (secondary N) is 3. The van der Waals surface area contributed by atoms with Gasteiger partial charge in [-0.05, 0) is 44.9 Å². The van der Waals surface area contributed by atoms with Crippen LogP contribution in [0.3, 0.4) is 0 Å². The van der Waals surface area contributed by atoms with Crippen LogP contribution in [0.1, 0.15) is 40.0 Å². The van der Waals surface area contributed by atoms with Gasteiger partial charge >= 0.3 is 0 Å². The molecule has 0 aliphatic heterocycles. The summed E-state index contributed by atoms with van der Waals surface area (Å²) in [7, 11) is 1.21. The van der Waals surface area contributed by atoms with E-state index in [0.29, 0.717) is 0 Å². The smallest absolute Gasteiger partial charge is 0.120 e. The fourth-order valence-corrected chi connectivity index (χ4v) is 2.33.